The molecule has 0 aromatic rings. The topological polar surface area (TPSA) is 138 Å². The number of esters is 2. The monoisotopic (exact) mass is 530 g/mol. The average molecular weight is 531 g/mol. The lowest BCUT2D eigenvalue weighted by atomic mass is 10.1. The number of nitrogens with zero attached hydrogens (tertiary/aromatic N) is 1. The van der Waals surface area contributed by atoms with Crippen LogP contribution in [0.25, 0.3) is 0 Å². The maximum atomic E-state index is 13.1. The van der Waals surface area contributed by atoms with Gasteiger partial charge < -0.3 is 29.1 Å². The van der Waals surface area contributed by atoms with E-state index in [1.165, 1.54) is 0 Å². The van der Waals surface area contributed by atoms with Crippen LogP contribution in [0.1, 0.15) is 95.9 Å². The fourth-order valence-corrected chi connectivity index (χ4v) is 2.85. The van der Waals surface area contributed by atoms with Gasteiger partial charge in [0.15, 0.2) is 0 Å². The Hall–Kier alpha value is -2.85. The smallest absolute Gasteiger partial charge is 0.411 e. The molecular formula is C26H46N2O9. The Balaban J connectivity index is 6.16. The molecule has 0 aliphatic carbocycles. The summed E-state index contributed by atoms with van der Waals surface area (Å²) in [6, 6.07) is -2.54. The predicted octanol–water partition coefficient (Wildman–Crippen LogP) is 4.15. The van der Waals surface area contributed by atoms with Crippen molar-refractivity contribution in [3.8, 4) is 0 Å². The first-order chi connectivity index (χ1) is 16.4. The lowest BCUT2D eigenvalue weighted by Crippen LogP contribution is -2.52. The Morgan fingerprint density at radius 1 is 0.703 bits per heavy atom. The van der Waals surface area contributed by atoms with Gasteiger partial charge in [-0.15, -0.1) is 0 Å². The third-order valence-corrected chi connectivity index (χ3v) is 4.04. The summed E-state index contributed by atoms with van der Waals surface area (Å²) in [4.78, 5) is 63.9. The lowest BCUT2D eigenvalue weighted by molar-refractivity contribution is -0.162. The van der Waals surface area contributed by atoms with E-state index in [1.807, 2.05) is 0 Å². The van der Waals surface area contributed by atoms with Crippen LogP contribution in [0.2, 0.25) is 0 Å². The molecule has 214 valence electrons. The Labute approximate surface area is 220 Å². The molecule has 0 saturated carbocycles. The highest BCUT2D eigenvalue weighted by Crippen LogP contribution is 2.19. The van der Waals surface area contributed by atoms with Crippen molar-refractivity contribution in [2.75, 3.05) is 6.54 Å². The number of carbonyl (C=O) groups is 5. The number of ether oxygens (including phenoxy) is 4. The molecule has 0 aromatic carbocycles. The molecule has 0 aromatic heterocycles. The van der Waals surface area contributed by atoms with Gasteiger partial charge in [-0.25, -0.2) is 19.2 Å². The van der Waals surface area contributed by atoms with Crippen LogP contribution in [0.5, 0.6) is 0 Å². The summed E-state index contributed by atoms with van der Waals surface area (Å²) < 4.78 is 21.6. The maximum absolute atomic E-state index is 13.1. The zero-order valence-electron chi connectivity index (χ0n) is 24.5. The summed E-state index contributed by atoms with van der Waals surface area (Å²) in [6.07, 6.45) is -1.76. The molecule has 0 heterocycles. The van der Waals surface area contributed by atoms with Crippen LogP contribution in [0.15, 0.2) is 0 Å². The Bertz CT molecular complexity index is 812. The molecule has 2 amide bonds. The molecule has 0 saturated heterocycles. The van der Waals surface area contributed by atoms with Crippen LogP contribution in [0, 0.1) is 0 Å². The van der Waals surface area contributed by atoms with Crippen LogP contribution in [-0.4, -0.2) is 76.3 Å². The summed E-state index contributed by atoms with van der Waals surface area (Å²) in [5.74, 6) is -1.56. The molecule has 11 heteroatoms. The van der Waals surface area contributed by atoms with Crippen LogP contribution >= 0.6 is 0 Å². The summed E-state index contributed by atoms with van der Waals surface area (Å²) in [5, 5.41) is 2.48. The summed E-state index contributed by atoms with van der Waals surface area (Å²) >= 11 is 0. The number of aldehydes is 1. The van der Waals surface area contributed by atoms with Gasteiger partial charge >= 0.3 is 24.1 Å². The van der Waals surface area contributed by atoms with E-state index in [4.69, 9.17) is 18.9 Å². The first-order valence-electron chi connectivity index (χ1n) is 12.3. The first kappa shape index (κ1) is 34.1. The number of rotatable bonds is 9. The number of hydrogen-bond acceptors (Lipinski definition) is 9. The maximum Gasteiger partial charge on any atom is 0.411 e. The quantitative estimate of drug-likeness (QED) is 0.265. The zero-order chi connectivity index (χ0) is 29.4. The molecule has 0 spiro atoms. The number of carbonyl (C=O) groups excluding carboxylic acids is 5. The third-order valence-electron chi connectivity index (χ3n) is 4.04. The van der Waals surface area contributed by atoms with Crippen molar-refractivity contribution in [3.63, 3.8) is 0 Å². The molecule has 1 N–H and O–H groups in total. The summed E-state index contributed by atoms with van der Waals surface area (Å²) in [7, 11) is 0. The third kappa shape index (κ3) is 15.8. The Morgan fingerprint density at radius 3 is 1.54 bits per heavy atom. The molecule has 2 atom stereocenters. The summed E-state index contributed by atoms with van der Waals surface area (Å²) in [6.45, 7) is 19.7. The van der Waals surface area contributed by atoms with E-state index in [0.717, 1.165) is 4.90 Å². The van der Waals surface area contributed by atoms with Crippen LogP contribution in [-0.2, 0) is 33.3 Å². The van der Waals surface area contributed by atoms with E-state index >= 15 is 0 Å². The van der Waals surface area contributed by atoms with Crippen molar-refractivity contribution < 1.29 is 42.9 Å². The van der Waals surface area contributed by atoms with Gasteiger partial charge in [-0.3, -0.25) is 4.90 Å². The largest absolute Gasteiger partial charge is 0.458 e. The van der Waals surface area contributed by atoms with Crippen molar-refractivity contribution in [1.82, 2.24) is 10.2 Å². The Kier molecular flexibility index (Phi) is 12.1. The number of nitrogens with one attached hydrogen (secondary N) is 1. The second kappa shape index (κ2) is 13.1. The van der Waals surface area contributed by atoms with Gasteiger partial charge in [-0.2, -0.15) is 0 Å². The van der Waals surface area contributed by atoms with E-state index in [1.54, 1.807) is 83.1 Å². The van der Waals surface area contributed by atoms with Gasteiger partial charge in [0.05, 0.1) is 0 Å². The number of amides is 2. The minimum atomic E-state index is -1.31. The normalized spacial score (nSPS) is 14.1. The van der Waals surface area contributed by atoms with Crippen molar-refractivity contribution >= 4 is 30.4 Å². The highest BCUT2D eigenvalue weighted by Gasteiger charge is 2.37. The minimum absolute atomic E-state index is 0.161. The first-order valence-corrected chi connectivity index (χ1v) is 12.3. The molecule has 0 rings (SSSR count). The van der Waals surface area contributed by atoms with Crippen molar-refractivity contribution in [3.05, 3.63) is 0 Å². The van der Waals surface area contributed by atoms with Gasteiger partial charge in [-0.05, 0) is 89.5 Å². The average Bonchev–Trinajstić information content (AvgIpc) is 2.60. The molecule has 0 aliphatic rings. The van der Waals surface area contributed by atoms with Crippen LogP contribution in [0.3, 0.4) is 0 Å². The van der Waals surface area contributed by atoms with Crippen molar-refractivity contribution in [2.24, 2.45) is 0 Å². The van der Waals surface area contributed by atoms with E-state index in [2.05, 4.69) is 5.32 Å². The minimum Gasteiger partial charge on any atom is -0.458 e. The van der Waals surface area contributed by atoms with Gasteiger partial charge in [0.25, 0.3) is 0 Å². The highest BCUT2D eigenvalue weighted by atomic mass is 16.6. The highest BCUT2D eigenvalue weighted by molar-refractivity contribution is 5.84. The fourth-order valence-electron chi connectivity index (χ4n) is 2.85. The second-order valence-electron chi connectivity index (χ2n) is 12.6. The molecule has 11 nitrogen and oxygen atoms in total. The Morgan fingerprint density at radius 2 is 1.14 bits per heavy atom. The van der Waals surface area contributed by atoms with Gasteiger partial charge in [0, 0.05) is 13.0 Å². The zero-order valence-corrected chi connectivity index (χ0v) is 24.5. The van der Waals surface area contributed by atoms with Crippen molar-refractivity contribution in [1.29, 1.82) is 0 Å². The van der Waals surface area contributed by atoms with E-state index < -0.39 is 58.6 Å². The van der Waals surface area contributed by atoms with E-state index in [-0.39, 0.29) is 19.4 Å². The lowest BCUT2D eigenvalue weighted by Gasteiger charge is -2.34. The molecule has 0 unspecified atom stereocenters. The predicted molar refractivity (Wildman–Crippen MR) is 137 cm³/mol. The van der Waals surface area contributed by atoms with Gasteiger partial charge in [0.1, 0.15) is 40.8 Å². The van der Waals surface area contributed by atoms with Gasteiger partial charge in [0.2, 0.25) is 0 Å². The second-order valence-corrected chi connectivity index (χ2v) is 12.6. The molecule has 0 bridgehead atoms. The van der Waals surface area contributed by atoms with Gasteiger partial charge in [-0.1, -0.05) is 0 Å². The SMILES string of the molecule is CC(C)(C)OC(=O)N[C@@H](CCN(C(=O)OC(C)(C)C)[C@@H](CC=O)C(=O)OC(C)(C)C)C(=O)OC(C)(C)C. The van der Waals surface area contributed by atoms with E-state index in [9.17, 15) is 24.0 Å². The molecule has 37 heavy (non-hydrogen) atoms. The van der Waals surface area contributed by atoms with Crippen molar-refractivity contribution in [2.45, 2.75) is 130 Å². The number of hydrogen-bond donors (Lipinski definition) is 1. The molecule has 0 fully saturated rings. The number of alkyl carbamates (subject to hydrolysis) is 1. The molecule has 0 aliphatic heterocycles. The summed E-state index contributed by atoms with van der Waals surface area (Å²) in [5.41, 5.74) is -3.47. The fraction of sp³-hybridized carbons (Fsp3) is 0.808. The molecular weight excluding hydrogens is 484 g/mol. The standard InChI is InChI=1S/C26H46N2O9/c1-23(2,3)34-19(30)17(27-21(32)36-25(7,8)9)13-15-28(22(33)37-26(10,11)12)18(14-16-29)20(31)35-24(4,5)6/h16-18H,13-15H2,1-12H3,(H,27,32)/t17-,18-/m0/s1. The van der Waals surface area contributed by atoms with Crippen LogP contribution in [0.4, 0.5) is 9.59 Å². The van der Waals surface area contributed by atoms with E-state index in [0.29, 0.717) is 6.29 Å². The van der Waals surface area contributed by atoms with Crippen LogP contribution < -0.4 is 5.32 Å². The molecule has 0 radical (unpaired) electrons.